The van der Waals surface area contributed by atoms with Gasteiger partial charge in [0.2, 0.25) is 0 Å². The van der Waals surface area contributed by atoms with Crippen molar-refractivity contribution >= 4 is 17.8 Å². The maximum absolute atomic E-state index is 12.3. The van der Waals surface area contributed by atoms with Gasteiger partial charge in [0.05, 0.1) is 0 Å². The molecule has 6 N–H and O–H groups in total. The molecule has 8 heteroatoms. The van der Waals surface area contributed by atoms with Crippen molar-refractivity contribution < 1.29 is 24.9 Å². The maximum atomic E-state index is 12.3. The van der Waals surface area contributed by atoms with E-state index in [1.807, 2.05) is 41.5 Å². The number of nitrogens with one attached hydrogen (secondary N) is 1. The summed E-state index contributed by atoms with van der Waals surface area (Å²) in [4.78, 5) is 38.1. The highest BCUT2D eigenvalue weighted by molar-refractivity contribution is 6.08. The molecule has 0 amide bonds. The first-order valence-corrected chi connectivity index (χ1v) is 8.98. The number of anilines is 1. The normalized spacial score (nSPS) is 12.1. The zero-order valence-electron chi connectivity index (χ0n) is 17.3. The predicted molar refractivity (Wildman–Crippen MR) is 110 cm³/mol. The van der Waals surface area contributed by atoms with Crippen LogP contribution in [0.2, 0.25) is 0 Å². The molecule has 29 heavy (non-hydrogen) atoms. The Morgan fingerprint density at radius 2 is 1.45 bits per heavy atom. The van der Waals surface area contributed by atoms with Crippen LogP contribution in [0.4, 0.5) is 5.82 Å². The minimum absolute atomic E-state index is 0.0602. The van der Waals surface area contributed by atoms with Crippen LogP contribution in [0.1, 0.15) is 73.4 Å². The van der Waals surface area contributed by atoms with E-state index in [2.05, 4.69) is 4.98 Å². The fourth-order valence-corrected chi connectivity index (χ4v) is 3.15. The molecule has 0 atom stereocenters. The second-order valence-electron chi connectivity index (χ2n) is 9.02. The molecule has 0 fully saturated rings. The monoisotopic (exact) mass is 402 g/mol. The lowest BCUT2D eigenvalue weighted by molar-refractivity contribution is 0.0695. The van der Waals surface area contributed by atoms with Gasteiger partial charge < -0.3 is 26.0 Å². The van der Waals surface area contributed by atoms with E-state index in [0.717, 1.165) is 5.56 Å². The number of aromatic amines is 1. The van der Waals surface area contributed by atoms with Gasteiger partial charge in [-0.1, -0.05) is 47.6 Å². The van der Waals surface area contributed by atoms with Crippen LogP contribution in [-0.2, 0) is 10.8 Å². The number of carboxylic acid groups (broad SMARTS) is 2. The van der Waals surface area contributed by atoms with Crippen molar-refractivity contribution in [1.29, 1.82) is 0 Å². The van der Waals surface area contributed by atoms with Gasteiger partial charge in [-0.15, -0.1) is 0 Å². The van der Waals surface area contributed by atoms with Gasteiger partial charge in [0.25, 0.3) is 5.56 Å². The summed E-state index contributed by atoms with van der Waals surface area (Å²) in [5, 5.41) is 30.3. The van der Waals surface area contributed by atoms with Gasteiger partial charge in [-0.2, -0.15) is 0 Å². The molecule has 2 rings (SSSR count). The van der Waals surface area contributed by atoms with E-state index >= 15 is 0 Å². The molecular formula is C21H26N2O6. The number of aromatic hydroxyl groups is 1. The molecule has 156 valence electrons. The lowest BCUT2D eigenvalue weighted by Gasteiger charge is -2.28. The third-order valence-electron chi connectivity index (χ3n) is 4.73. The number of hydrogen-bond acceptors (Lipinski definition) is 5. The number of phenols is 1. The summed E-state index contributed by atoms with van der Waals surface area (Å²) < 4.78 is 0. The van der Waals surface area contributed by atoms with Crippen LogP contribution in [0.5, 0.6) is 5.75 Å². The van der Waals surface area contributed by atoms with E-state index in [9.17, 15) is 29.7 Å². The minimum atomic E-state index is -1.62. The Kier molecular flexibility index (Phi) is 5.27. The molecule has 0 bridgehead atoms. The second-order valence-corrected chi connectivity index (χ2v) is 9.02. The lowest BCUT2D eigenvalue weighted by atomic mass is 9.77. The number of aromatic carboxylic acids is 2. The number of carbonyl (C=O) groups is 2. The summed E-state index contributed by atoms with van der Waals surface area (Å²) in [7, 11) is 0. The molecule has 2 aromatic rings. The predicted octanol–water partition coefficient (Wildman–Crippen LogP) is 3.32. The number of rotatable bonds is 3. The Morgan fingerprint density at radius 3 is 1.86 bits per heavy atom. The van der Waals surface area contributed by atoms with E-state index in [0.29, 0.717) is 5.56 Å². The van der Waals surface area contributed by atoms with Crippen molar-refractivity contribution in [1.82, 2.24) is 4.98 Å². The summed E-state index contributed by atoms with van der Waals surface area (Å²) in [6, 6.07) is 3.31. The van der Waals surface area contributed by atoms with Gasteiger partial charge in [-0.3, -0.25) is 4.79 Å². The minimum Gasteiger partial charge on any atom is -0.507 e. The van der Waals surface area contributed by atoms with Gasteiger partial charge in [-0.05, 0) is 22.5 Å². The van der Waals surface area contributed by atoms with Crippen molar-refractivity contribution in [3.63, 3.8) is 0 Å². The van der Waals surface area contributed by atoms with Crippen molar-refractivity contribution in [3.8, 4) is 16.9 Å². The molecule has 1 aromatic carbocycles. The van der Waals surface area contributed by atoms with Crippen molar-refractivity contribution in [3.05, 3.63) is 44.7 Å². The van der Waals surface area contributed by atoms with Crippen LogP contribution in [0, 0.1) is 0 Å². The topological polar surface area (TPSA) is 154 Å². The Balaban J connectivity index is 3.19. The average Bonchev–Trinajstić information content (AvgIpc) is 2.51. The van der Waals surface area contributed by atoms with Crippen LogP contribution in [0.15, 0.2) is 16.9 Å². The zero-order valence-corrected chi connectivity index (χ0v) is 17.3. The molecule has 0 aliphatic rings. The Labute approximate surface area is 168 Å². The Hall–Kier alpha value is -3.29. The van der Waals surface area contributed by atoms with Gasteiger partial charge in [0.15, 0.2) is 0 Å². The van der Waals surface area contributed by atoms with Crippen LogP contribution in [0.25, 0.3) is 11.1 Å². The van der Waals surface area contributed by atoms with Crippen LogP contribution >= 0.6 is 0 Å². The highest BCUT2D eigenvalue weighted by Gasteiger charge is 2.32. The highest BCUT2D eigenvalue weighted by atomic mass is 16.4. The number of benzene rings is 1. The Bertz CT molecular complexity index is 1070. The molecule has 0 spiro atoms. The molecule has 0 unspecified atom stereocenters. The second kappa shape index (κ2) is 6.95. The van der Waals surface area contributed by atoms with Crippen molar-refractivity contribution in [2.24, 2.45) is 0 Å². The SMILES string of the molecule is CC(C)(C)c1cc(-c2c(C(=O)O)c(N)[nH]c(=O)c2C(=O)O)c(O)c(C(C)(C)C)c1. The van der Waals surface area contributed by atoms with Crippen LogP contribution < -0.4 is 11.3 Å². The number of pyridine rings is 1. The first-order valence-electron chi connectivity index (χ1n) is 8.98. The van der Waals surface area contributed by atoms with Crippen LogP contribution in [-0.4, -0.2) is 32.2 Å². The largest absolute Gasteiger partial charge is 0.507 e. The highest BCUT2D eigenvalue weighted by Crippen LogP contribution is 2.44. The fraction of sp³-hybridized carbons (Fsp3) is 0.381. The van der Waals surface area contributed by atoms with E-state index in [1.165, 1.54) is 6.07 Å². The van der Waals surface area contributed by atoms with E-state index < -0.39 is 50.8 Å². The Morgan fingerprint density at radius 1 is 0.931 bits per heavy atom. The number of nitrogen functional groups attached to an aromatic ring is 1. The van der Waals surface area contributed by atoms with Crippen LogP contribution in [0.3, 0.4) is 0 Å². The number of H-pyrrole nitrogens is 1. The smallest absolute Gasteiger partial charge is 0.342 e. The maximum Gasteiger partial charge on any atom is 0.342 e. The summed E-state index contributed by atoms with van der Waals surface area (Å²) >= 11 is 0. The molecule has 0 radical (unpaired) electrons. The number of phenolic OH excluding ortho intramolecular Hbond substituents is 1. The van der Waals surface area contributed by atoms with E-state index in [1.54, 1.807) is 6.07 Å². The molecule has 1 aromatic heterocycles. The third kappa shape index (κ3) is 3.96. The third-order valence-corrected chi connectivity index (χ3v) is 4.73. The quantitative estimate of drug-likeness (QED) is 0.527. The van der Waals surface area contributed by atoms with Gasteiger partial charge in [0, 0.05) is 16.7 Å². The number of aromatic nitrogens is 1. The molecule has 0 saturated heterocycles. The number of carboxylic acids is 2. The lowest BCUT2D eigenvalue weighted by Crippen LogP contribution is -2.25. The van der Waals surface area contributed by atoms with Gasteiger partial charge >= 0.3 is 11.9 Å². The standard InChI is InChI=1S/C21H26N2O6/c1-20(2,3)9-7-10(15(24)11(8-9)21(4,5)6)12-13(18(26)27)16(22)23-17(25)14(12)19(28)29/h7-8,24H,1-6H3,(H,26,27)(H,28,29)(H3,22,23,25). The average molecular weight is 402 g/mol. The number of nitrogens with two attached hydrogens (primary N) is 1. The fourth-order valence-electron chi connectivity index (χ4n) is 3.15. The summed E-state index contributed by atoms with van der Waals surface area (Å²) in [5.74, 6) is -3.92. The van der Waals surface area contributed by atoms with E-state index in [4.69, 9.17) is 5.73 Å². The molecule has 0 aliphatic heterocycles. The molecule has 1 heterocycles. The molecule has 0 aliphatic carbocycles. The van der Waals surface area contributed by atoms with Crippen molar-refractivity contribution in [2.75, 3.05) is 5.73 Å². The zero-order chi connectivity index (χ0) is 22.5. The van der Waals surface area contributed by atoms with E-state index in [-0.39, 0.29) is 11.3 Å². The molecular weight excluding hydrogens is 376 g/mol. The summed E-state index contributed by atoms with van der Waals surface area (Å²) in [6.07, 6.45) is 0. The first-order chi connectivity index (χ1) is 13.1. The molecule has 8 nitrogen and oxygen atoms in total. The van der Waals surface area contributed by atoms with Gasteiger partial charge in [0.1, 0.15) is 22.7 Å². The summed E-state index contributed by atoms with van der Waals surface area (Å²) in [5.41, 5.74) is 3.10. The first kappa shape index (κ1) is 22.0. The van der Waals surface area contributed by atoms with Crippen molar-refractivity contribution in [2.45, 2.75) is 52.4 Å². The molecule has 0 saturated carbocycles. The summed E-state index contributed by atoms with van der Waals surface area (Å²) in [6.45, 7) is 11.4. The number of hydrogen-bond donors (Lipinski definition) is 5. The van der Waals surface area contributed by atoms with Gasteiger partial charge in [-0.25, -0.2) is 9.59 Å².